The highest BCUT2D eigenvalue weighted by molar-refractivity contribution is 5.71. The Balaban J connectivity index is 1.76. The third-order valence-electron chi connectivity index (χ3n) is 5.35. The molecular formula is C22H32N4O3. The first-order valence-electron chi connectivity index (χ1n) is 10.6. The third kappa shape index (κ3) is 5.95. The number of hydrogen-bond acceptors (Lipinski definition) is 6. The van der Waals surface area contributed by atoms with Crippen LogP contribution < -0.4 is 11.0 Å². The smallest absolute Gasteiger partial charge is 0.275 e. The van der Waals surface area contributed by atoms with Gasteiger partial charge in [0.05, 0.1) is 24.1 Å². The fraction of sp³-hybridized carbons (Fsp3) is 0.591. The number of nitrogens with one attached hydrogen (secondary N) is 1. The van der Waals surface area contributed by atoms with Crippen LogP contribution in [0.1, 0.15) is 65.3 Å². The Morgan fingerprint density at radius 3 is 2.62 bits per heavy atom. The van der Waals surface area contributed by atoms with E-state index in [0.717, 1.165) is 50.6 Å². The maximum absolute atomic E-state index is 12.8. The lowest BCUT2D eigenvalue weighted by molar-refractivity contribution is -0.112. The first kappa shape index (κ1) is 21.1. The molecule has 0 radical (unpaired) electrons. The summed E-state index contributed by atoms with van der Waals surface area (Å²) in [7, 11) is 0. The zero-order chi connectivity index (χ0) is 20.8. The highest BCUT2D eigenvalue weighted by Crippen LogP contribution is 2.33. The van der Waals surface area contributed by atoms with Crippen LogP contribution in [0.15, 0.2) is 40.1 Å². The normalized spacial score (nSPS) is 22.7. The van der Waals surface area contributed by atoms with Crippen molar-refractivity contribution in [1.29, 1.82) is 0 Å². The average molecular weight is 401 g/mol. The van der Waals surface area contributed by atoms with E-state index < -0.39 is 0 Å². The quantitative estimate of drug-likeness (QED) is 0.295. The predicted octanol–water partition coefficient (Wildman–Crippen LogP) is 3.88. The van der Waals surface area contributed by atoms with Gasteiger partial charge in [0.15, 0.2) is 0 Å². The summed E-state index contributed by atoms with van der Waals surface area (Å²) in [6, 6.07) is 4.14. The van der Waals surface area contributed by atoms with Crippen LogP contribution in [0.3, 0.4) is 0 Å². The van der Waals surface area contributed by atoms with Gasteiger partial charge < -0.3 is 14.1 Å². The Hall–Kier alpha value is -2.57. The number of aromatic nitrogens is 1. The van der Waals surface area contributed by atoms with E-state index in [0.29, 0.717) is 11.7 Å². The summed E-state index contributed by atoms with van der Waals surface area (Å²) >= 11 is 0. The number of hydrogen-bond donors (Lipinski definition) is 1. The fourth-order valence-electron chi connectivity index (χ4n) is 3.68. The molecule has 2 aliphatic rings. The Morgan fingerprint density at radius 2 is 2.00 bits per heavy atom. The van der Waals surface area contributed by atoms with E-state index in [1.54, 1.807) is 22.0 Å². The maximum atomic E-state index is 12.8. The molecule has 7 heteroatoms. The monoisotopic (exact) mass is 400 g/mol. The molecule has 1 N–H and O–H groups in total. The zero-order valence-corrected chi connectivity index (χ0v) is 17.6. The molecule has 0 bridgehead atoms. The summed E-state index contributed by atoms with van der Waals surface area (Å²) in [5.74, 6) is 0.909. The van der Waals surface area contributed by atoms with Gasteiger partial charge in [-0.1, -0.05) is 0 Å². The summed E-state index contributed by atoms with van der Waals surface area (Å²) < 4.78 is 7.43. The van der Waals surface area contributed by atoms with Crippen molar-refractivity contribution in [2.45, 2.75) is 77.5 Å². The largest absolute Gasteiger partial charge is 0.496 e. The summed E-state index contributed by atoms with van der Waals surface area (Å²) in [4.78, 5) is 23.9. The topological polar surface area (TPSA) is 75.9 Å². The van der Waals surface area contributed by atoms with Crippen molar-refractivity contribution >= 4 is 18.2 Å². The van der Waals surface area contributed by atoms with Crippen LogP contribution in [0.25, 0.3) is 0 Å². The first-order chi connectivity index (χ1) is 14.0. The van der Waals surface area contributed by atoms with Crippen molar-refractivity contribution in [3.63, 3.8) is 0 Å². The highest BCUT2D eigenvalue weighted by atomic mass is 16.5. The minimum Gasteiger partial charge on any atom is -0.496 e. The Bertz CT molecular complexity index is 803. The zero-order valence-electron chi connectivity index (χ0n) is 17.6. The van der Waals surface area contributed by atoms with Crippen molar-refractivity contribution in [3.05, 3.63) is 40.5 Å². The van der Waals surface area contributed by atoms with Gasteiger partial charge in [-0.05, 0) is 77.5 Å². The van der Waals surface area contributed by atoms with Gasteiger partial charge in [-0.15, -0.1) is 0 Å². The number of carbonyl (C=O) groups is 1. The molecule has 29 heavy (non-hydrogen) atoms. The SMILES string of the molecule is C/C(=C\C=N\N(Nc1cccn(C2CC2)c1=O)C1CCC(C=O)CC1)OC(C)C. The minimum atomic E-state index is -0.0216. The molecule has 0 atom stereocenters. The van der Waals surface area contributed by atoms with Gasteiger partial charge in [-0.2, -0.15) is 5.10 Å². The van der Waals surface area contributed by atoms with Crippen LogP contribution in [0.2, 0.25) is 0 Å². The molecule has 1 aromatic rings. The van der Waals surface area contributed by atoms with Crippen molar-refractivity contribution in [3.8, 4) is 0 Å². The number of pyridine rings is 1. The van der Waals surface area contributed by atoms with E-state index in [2.05, 4.69) is 10.5 Å². The molecule has 0 aromatic carbocycles. The number of carbonyl (C=O) groups excluding carboxylic acids is 1. The number of allylic oxidation sites excluding steroid dienone is 2. The van der Waals surface area contributed by atoms with Crippen molar-refractivity contribution in [2.24, 2.45) is 11.0 Å². The standard InChI is InChI=1S/C22H32N4O3/c1-16(2)29-17(3)12-13-23-26(20-8-6-18(15-27)7-9-20)24-21-5-4-14-25(22(21)28)19-10-11-19/h4-5,12-16,18-20,24H,6-11H2,1-3H3/b17-12+,23-13+. The predicted molar refractivity (Wildman–Crippen MR) is 115 cm³/mol. The summed E-state index contributed by atoms with van der Waals surface area (Å²) in [6.07, 6.45) is 12.0. The second kappa shape index (κ2) is 9.76. The molecule has 3 rings (SSSR count). The van der Waals surface area contributed by atoms with Crippen molar-refractivity contribution in [2.75, 3.05) is 5.43 Å². The molecule has 0 unspecified atom stereocenters. The second-order valence-corrected chi connectivity index (χ2v) is 8.23. The van der Waals surface area contributed by atoms with Crippen LogP contribution in [0, 0.1) is 5.92 Å². The molecular weight excluding hydrogens is 368 g/mol. The van der Waals surface area contributed by atoms with Crippen LogP contribution in [-0.2, 0) is 9.53 Å². The van der Waals surface area contributed by atoms with Gasteiger partial charge >= 0.3 is 0 Å². The molecule has 7 nitrogen and oxygen atoms in total. The van der Waals surface area contributed by atoms with E-state index in [9.17, 15) is 9.59 Å². The van der Waals surface area contributed by atoms with Crippen LogP contribution in [0.4, 0.5) is 5.69 Å². The van der Waals surface area contributed by atoms with E-state index >= 15 is 0 Å². The second-order valence-electron chi connectivity index (χ2n) is 8.23. The van der Waals surface area contributed by atoms with Gasteiger partial charge in [-0.25, -0.2) is 5.12 Å². The van der Waals surface area contributed by atoms with Crippen LogP contribution in [-0.4, -0.2) is 34.3 Å². The molecule has 0 amide bonds. The number of ether oxygens (including phenoxy) is 1. The van der Waals surface area contributed by atoms with Gasteiger partial charge in [0.1, 0.15) is 12.0 Å². The third-order valence-corrected chi connectivity index (χ3v) is 5.35. The van der Waals surface area contributed by atoms with Crippen molar-refractivity contribution in [1.82, 2.24) is 9.69 Å². The van der Waals surface area contributed by atoms with Gasteiger partial charge in [0.25, 0.3) is 5.56 Å². The van der Waals surface area contributed by atoms with E-state index in [-0.39, 0.29) is 23.6 Å². The molecule has 2 fully saturated rings. The molecule has 0 aliphatic heterocycles. The van der Waals surface area contributed by atoms with E-state index in [1.807, 2.05) is 39.1 Å². The van der Waals surface area contributed by atoms with Crippen LogP contribution >= 0.6 is 0 Å². The number of aldehydes is 1. The number of anilines is 1. The van der Waals surface area contributed by atoms with E-state index in [1.165, 1.54) is 0 Å². The van der Waals surface area contributed by atoms with Crippen LogP contribution in [0.5, 0.6) is 0 Å². The van der Waals surface area contributed by atoms with Gasteiger partial charge in [0.2, 0.25) is 0 Å². The van der Waals surface area contributed by atoms with Gasteiger partial charge in [0, 0.05) is 18.2 Å². The number of hydrazone groups is 1. The summed E-state index contributed by atoms with van der Waals surface area (Å²) in [5.41, 5.74) is 3.73. The van der Waals surface area contributed by atoms with Crippen molar-refractivity contribution < 1.29 is 9.53 Å². The summed E-state index contributed by atoms with van der Waals surface area (Å²) in [6.45, 7) is 5.85. The molecule has 0 spiro atoms. The Labute approximate surface area is 172 Å². The molecule has 2 saturated carbocycles. The fourth-order valence-corrected chi connectivity index (χ4v) is 3.68. The number of nitrogens with zero attached hydrogens (tertiary/aromatic N) is 3. The first-order valence-corrected chi connectivity index (χ1v) is 10.6. The lowest BCUT2D eigenvalue weighted by Crippen LogP contribution is -2.40. The number of hydrazine groups is 1. The molecule has 158 valence electrons. The minimum absolute atomic E-state index is 0.0216. The van der Waals surface area contributed by atoms with E-state index in [4.69, 9.17) is 4.74 Å². The molecule has 1 heterocycles. The summed E-state index contributed by atoms with van der Waals surface area (Å²) in [5, 5.41) is 6.35. The Morgan fingerprint density at radius 1 is 1.28 bits per heavy atom. The molecule has 2 aliphatic carbocycles. The number of rotatable bonds is 9. The highest BCUT2D eigenvalue weighted by Gasteiger charge is 2.27. The maximum Gasteiger partial charge on any atom is 0.275 e. The van der Waals surface area contributed by atoms with Gasteiger partial charge in [-0.3, -0.25) is 10.2 Å². The lowest BCUT2D eigenvalue weighted by atomic mass is 9.87. The Kier molecular flexibility index (Phi) is 7.12. The average Bonchev–Trinajstić information content (AvgIpc) is 3.53. The molecule has 0 saturated heterocycles. The molecule has 1 aromatic heterocycles. The lowest BCUT2D eigenvalue weighted by Gasteiger charge is -2.34.